The van der Waals surface area contributed by atoms with Crippen LogP contribution in [0.15, 0.2) is 24.0 Å². The molecule has 0 aliphatic heterocycles. The number of rotatable bonds is 3. The number of nitrogens with one attached hydrogen (secondary N) is 1. The third-order valence-electron chi connectivity index (χ3n) is 0.687. The molecule has 0 bridgehead atoms. The summed E-state index contributed by atoms with van der Waals surface area (Å²) in [5.41, 5.74) is 4.78. The molecular formula is C5H7N2O2S-. The Labute approximate surface area is 64.0 Å². The van der Waals surface area contributed by atoms with Crippen LogP contribution in [0.25, 0.3) is 0 Å². The van der Waals surface area contributed by atoms with Crippen molar-refractivity contribution in [2.45, 2.75) is 0 Å². The van der Waals surface area contributed by atoms with E-state index in [4.69, 9.17) is 10.8 Å². The highest BCUT2D eigenvalue weighted by Gasteiger charge is 1.95. The van der Waals surface area contributed by atoms with Gasteiger partial charge in [0.2, 0.25) is 0 Å². The highest BCUT2D eigenvalue weighted by molar-refractivity contribution is 7.56. The zero-order chi connectivity index (χ0) is 7.98. The molecule has 56 valence electrons. The van der Waals surface area contributed by atoms with Gasteiger partial charge in [0.15, 0.2) is 0 Å². The number of carboxylic acids is 1. The van der Waals surface area contributed by atoms with E-state index in [1.165, 1.54) is 18.4 Å². The number of hydrogen-bond acceptors (Lipinski definition) is 4. The standard InChI is InChI=1S/C5H7N2O2S/c6-4(5(8)9)2-1-3-7-10/h1-3,7H,6H2,(H,8,9)/q-1/b3-1+,4-2-. The summed E-state index contributed by atoms with van der Waals surface area (Å²) in [7, 11) is 0. The monoisotopic (exact) mass is 159 g/mol. The molecule has 0 aliphatic carbocycles. The van der Waals surface area contributed by atoms with Crippen LogP contribution in [0.5, 0.6) is 0 Å². The third kappa shape index (κ3) is 3.85. The van der Waals surface area contributed by atoms with E-state index in [-0.39, 0.29) is 5.70 Å². The zero-order valence-electron chi connectivity index (χ0n) is 5.07. The average molecular weight is 159 g/mol. The van der Waals surface area contributed by atoms with Crippen molar-refractivity contribution in [3.8, 4) is 0 Å². The fourth-order valence-electron chi connectivity index (χ4n) is 0.262. The van der Waals surface area contributed by atoms with Gasteiger partial charge in [-0.2, -0.15) is 0 Å². The first-order valence-corrected chi connectivity index (χ1v) is 2.82. The Balaban J connectivity index is 3.92. The molecule has 0 aromatic carbocycles. The Bertz CT molecular complexity index is 176. The number of hydrogen-bond donors (Lipinski definition) is 3. The van der Waals surface area contributed by atoms with E-state index in [1.54, 1.807) is 0 Å². The maximum atomic E-state index is 10.0. The molecule has 0 heterocycles. The van der Waals surface area contributed by atoms with E-state index in [1.807, 2.05) is 0 Å². The SMILES string of the molecule is N/C(=C\C=C\N[S-])C(=O)O. The fraction of sp³-hybridized carbons (Fsp3) is 0. The molecule has 0 saturated heterocycles. The van der Waals surface area contributed by atoms with Crippen molar-refractivity contribution in [3.05, 3.63) is 24.0 Å². The summed E-state index contributed by atoms with van der Waals surface area (Å²) in [6, 6.07) is 0. The second-order valence-electron chi connectivity index (χ2n) is 1.40. The Morgan fingerprint density at radius 3 is 2.70 bits per heavy atom. The van der Waals surface area contributed by atoms with Gasteiger partial charge in [-0.3, -0.25) is 0 Å². The molecule has 0 aliphatic rings. The first-order valence-electron chi connectivity index (χ1n) is 2.41. The van der Waals surface area contributed by atoms with Crippen LogP contribution in [-0.2, 0) is 17.6 Å². The van der Waals surface area contributed by atoms with Crippen molar-refractivity contribution in [2.24, 2.45) is 5.73 Å². The molecule has 5 heteroatoms. The van der Waals surface area contributed by atoms with Gasteiger partial charge in [-0.1, -0.05) is 0 Å². The molecule has 0 radical (unpaired) electrons. The van der Waals surface area contributed by atoms with Crippen LogP contribution in [0.2, 0.25) is 0 Å². The first kappa shape index (κ1) is 8.90. The number of carboxylic acid groups (broad SMARTS) is 1. The lowest BCUT2D eigenvalue weighted by molar-refractivity contribution is -0.132. The minimum Gasteiger partial charge on any atom is -0.671 e. The lowest BCUT2D eigenvalue weighted by Gasteiger charge is -1.97. The van der Waals surface area contributed by atoms with Gasteiger partial charge in [-0.05, 0) is 18.4 Å². The van der Waals surface area contributed by atoms with Crippen molar-refractivity contribution >= 4 is 18.8 Å². The first-order chi connectivity index (χ1) is 4.68. The molecule has 0 saturated carbocycles. The number of nitrogens with two attached hydrogens (primary N) is 1. The number of carbonyl (C=O) groups is 1. The quantitative estimate of drug-likeness (QED) is 0.293. The Hall–Kier alpha value is -1.10. The molecule has 0 unspecified atom stereocenters. The second kappa shape index (κ2) is 4.75. The Kier molecular flexibility index (Phi) is 4.23. The molecule has 0 amide bonds. The largest absolute Gasteiger partial charge is 0.671 e. The van der Waals surface area contributed by atoms with Crippen LogP contribution >= 0.6 is 0 Å². The molecule has 0 spiro atoms. The Morgan fingerprint density at radius 1 is 1.70 bits per heavy atom. The van der Waals surface area contributed by atoms with E-state index in [2.05, 4.69) is 17.5 Å². The normalized spacial score (nSPS) is 11.9. The van der Waals surface area contributed by atoms with E-state index in [0.717, 1.165) is 0 Å². The van der Waals surface area contributed by atoms with Crippen LogP contribution in [0.4, 0.5) is 0 Å². The predicted molar refractivity (Wildman–Crippen MR) is 39.5 cm³/mol. The molecule has 0 aromatic rings. The van der Waals surface area contributed by atoms with Crippen LogP contribution < -0.4 is 10.5 Å². The van der Waals surface area contributed by atoms with Crippen LogP contribution in [0, 0.1) is 0 Å². The average Bonchev–Trinajstić information content (AvgIpc) is 1.88. The molecule has 0 rings (SSSR count). The second-order valence-corrected chi connectivity index (χ2v) is 1.64. The lowest BCUT2D eigenvalue weighted by Crippen LogP contribution is -2.09. The summed E-state index contributed by atoms with van der Waals surface area (Å²) < 4.78 is 2.27. The molecule has 0 atom stereocenters. The molecule has 0 aromatic heterocycles. The van der Waals surface area contributed by atoms with Gasteiger partial charge in [0.1, 0.15) is 5.70 Å². The van der Waals surface area contributed by atoms with Gasteiger partial charge >= 0.3 is 5.97 Å². The molecule has 4 nitrogen and oxygen atoms in total. The van der Waals surface area contributed by atoms with Gasteiger partial charge in [-0.25, -0.2) is 4.79 Å². The van der Waals surface area contributed by atoms with Crippen molar-refractivity contribution in [1.29, 1.82) is 0 Å². The van der Waals surface area contributed by atoms with Crippen molar-refractivity contribution in [3.63, 3.8) is 0 Å². The number of aliphatic carboxylic acids is 1. The van der Waals surface area contributed by atoms with Crippen molar-refractivity contribution in [2.75, 3.05) is 0 Å². The highest BCUT2D eigenvalue weighted by Crippen LogP contribution is 1.83. The lowest BCUT2D eigenvalue weighted by atomic mass is 10.4. The Morgan fingerprint density at radius 2 is 2.30 bits per heavy atom. The maximum absolute atomic E-state index is 10.0. The van der Waals surface area contributed by atoms with E-state index < -0.39 is 5.97 Å². The van der Waals surface area contributed by atoms with Crippen LogP contribution in [-0.4, -0.2) is 11.1 Å². The summed E-state index contributed by atoms with van der Waals surface area (Å²) in [6.45, 7) is 0. The topological polar surface area (TPSA) is 75.3 Å². The van der Waals surface area contributed by atoms with Gasteiger partial charge in [-0.15, -0.1) is 0 Å². The summed E-state index contributed by atoms with van der Waals surface area (Å²) in [6.07, 6.45) is 4.04. The molecular weight excluding hydrogens is 152 g/mol. The van der Waals surface area contributed by atoms with Crippen LogP contribution in [0.1, 0.15) is 0 Å². The van der Waals surface area contributed by atoms with E-state index in [0.29, 0.717) is 0 Å². The third-order valence-corrected chi connectivity index (χ3v) is 0.823. The van der Waals surface area contributed by atoms with Gasteiger partial charge in [0.05, 0.1) is 0 Å². The van der Waals surface area contributed by atoms with E-state index >= 15 is 0 Å². The maximum Gasteiger partial charge on any atom is 0.351 e. The molecule has 4 N–H and O–H groups in total. The summed E-state index contributed by atoms with van der Waals surface area (Å²) in [5.74, 6) is -1.14. The number of allylic oxidation sites excluding steroid dienone is 2. The zero-order valence-corrected chi connectivity index (χ0v) is 5.89. The molecule has 10 heavy (non-hydrogen) atoms. The minimum absolute atomic E-state index is 0.221. The van der Waals surface area contributed by atoms with Crippen molar-refractivity contribution in [1.82, 2.24) is 4.72 Å². The van der Waals surface area contributed by atoms with Gasteiger partial charge in [0.25, 0.3) is 0 Å². The van der Waals surface area contributed by atoms with Crippen molar-refractivity contribution < 1.29 is 9.90 Å². The summed E-state index contributed by atoms with van der Waals surface area (Å²) >= 11 is 4.32. The van der Waals surface area contributed by atoms with E-state index in [9.17, 15) is 4.79 Å². The summed E-state index contributed by atoms with van der Waals surface area (Å²) in [5, 5.41) is 8.21. The minimum atomic E-state index is -1.14. The predicted octanol–water partition coefficient (Wildman–Crippen LogP) is -0.521. The molecule has 0 fully saturated rings. The summed E-state index contributed by atoms with van der Waals surface area (Å²) in [4.78, 5) is 10.0. The fourth-order valence-corrected chi connectivity index (χ4v) is 0.341. The van der Waals surface area contributed by atoms with Gasteiger partial charge in [0, 0.05) is 0 Å². The van der Waals surface area contributed by atoms with Gasteiger partial charge < -0.3 is 28.4 Å². The highest BCUT2D eigenvalue weighted by atomic mass is 32.1. The smallest absolute Gasteiger partial charge is 0.351 e. The van der Waals surface area contributed by atoms with Crippen LogP contribution in [0.3, 0.4) is 0 Å².